The fourth-order valence-electron chi connectivity index (χ4n) is 2.50. The van der Waals surface area contributed by atoms with E-state index in [1.807, 2.05) is 19.1 Å². The highest BCUT2D eigenvalue weighted by Crippen LogP contribution is 2.24. The molecule has 0 bridgehead atoms. The summed E-state index contributed by atoms with van der Waals surface area (Å²) in [6, 6.07) is 8.27. The van der Waals surface area contributed by atoms with Gasteiger partial charge in [-0.05, 0) is 24.0 Å². The summed E-state index contributed by atoms with van der Waals surface area (Å²) in [7, 11) is -3.15. The predicted molar refractivity (Wildman–Crippen MR) is 84.8 cm³/mol. The Morgan fingerprint density at radius 2 is 1.95 bits per heavy atom. The Hall–Kier alpha value is -0.910. The van der Waals surface area contributed by atoms with Crippen molar-refractivity contribution in [3.8, 4) is 0 Å². The zero-order chi connectivity index (χ0) is 15.3. The number of rotatable bonds is 6. The number of hydrogen-bond donors (Lipinski definition) is 0. The van der Waals surface area contributed by atoms with Gasteiger partial charge >= 0.3 is 0 Å². The van der Waals surface area contributed by atoms with Gasteiger partial charge in [0.05, 0.1) is 18.5 Å². The molecule has 0 aliphatic carbocycles. The molecule has 1 atom stereocenters. The third kappa shape index (κ3) is 4.28. The molecule has 1 aromatic rings. The van der Waals surface area contributed by atoms with Crippen molar-refractivity contribution in [2.24, 2.45) is 0 Å². The molecule has 0 radical (unpaired) electrons. The third-order valence-electron chi connectivity index (χ3n) is 3.94. The molecule has 0 aromatic heterocycles. The first kappa shape index (κ1) is 16.5. The second-order valence-electron chi connectivity index (χ2n) is 5.48. The van der Waals surface area contributed by atoms with Crippen LogP contribution >= 0.6 is 0 Å². The molecule has 1 heterocycles. The van der Waals surface area contributed by atoms with E-state index in [-0.39, 0.29) is 11.9 Å². The second kappa shape index (κ2) is 7.38. The van der Waals surface area contributed by atoms with E-state index >= 15 is 0 Å². The first-order valence-electron chi connectivity index (χ1n) is 7.75. The highest BCUT2D eigenvalue weighted by atomic mass is 32.2. The maximum atomic E-state index is 12.3. The summed E-state index contributed by atoms with van der Waals surface area (Å²) in [5.41, 5.74) is 2.34. The number of morpholine rings is 1. The van der Waals surface area contributed by atoms with Crippen LogP contribution in [0.2, 0.25) is 0 Å². The van der Waals surface area contributed by atoms with Crippen LogP contribution in [-0.2, 0) is 21.2 Å². The molecule has 0 N–H and O–H groups in total. The number of ether oxygens (including phenoxy) is 1. The number of hydrogen-bond acceptors (Lipinski definition) is 3. The molecule has 0 amide bonds. The largest absolute Gasteiger partial charge is 0.371 e. The van der Waals surface area contributed by atoms with Crippen LogP contribution in [0.3, 0.4) is 0 Å². The van der Waals surface area contributed by atoms with Crippen molar-refractivity contribution >= 4 is 10.0 Å². The minimum atomic E-state index is -3.15. The molecule has 4 nitrogen and oxygen atoms in total. The van der Waals surface area contributed by atoms with Crippen molar-refractivity contribution in [1.29, 1.82) is 0 Å². The lowest BCUT2D eigenvalue weighted by molar-refractivity contribution is -0.00255. The van der Waals surface area contributed by atoms with Gasteiger partial charge < -0.3 is 4.74 Å². The van der Waals surface area contributed by atoms with Crippen LogP contribution in [0, 0.1) is 0 Å². The van der Waals surface area contributed by atoms with Gasteiger partial charge in [0.15, 0.2) is 0 Å². The van der Waals surface area contributed by atoms with Crippen molar-refractivity contribution in [2.45, 2.75) is 39.2 Å². The smallest absolute Gasteiger partial charge is 0.214 e. The minimum Gasteiger partial charge on any atom is -0.371 e. The van der Waals surface area contributed by atoms with Crippen LogP contribution < -0.4 is 0 Å². The fraction of sp³-hybridized carbons (Fsp3) is 0.625. The van der Waals surface area contributed by atoms with Crippen LogP contribution in [-0.4, -0.2) is 38.2 Å². The van der Waals surface area contributed by atoms with E-state index in [1.165, 1.54) is 5.56 Å². The molecule has 2 rings (SSSR count). The van der Waals surface area contributed by atoms with Gasteiger partial charge in [-0.15, -0.1) is 0 Å². The van der Waals surface area contributed by atoms with Crippen molar-refractivity contribution in [2.75, 3.05) is 25.4 Å². The van der Waals surface area contributed by atoms with Crippen LogP contribution in [0.1, 0.15) is 43.9 Å². The summed E-state index contributed by atoms with van der Waals surface area (Å²) in [5.74, 6) is 0.241. The maximum absolute atomic E-state index is 12.3. The highest BCUT2D eigenvalue weighted by molar-refractivity contribution is 7.89. The molecule has 0 saturated carbocycles. The first-order chi connectivity index (χ1) is 10.1. The Balaban J connectivity index is 2.06. The van der Waals surface area contributed by atoms with Crippen molar-refractivity contribution in [3.63, 3.8) is 0 Å². The normalized spacial score (nSPS) is 20.6. The van der Waals surface area contributed by atoms with Gasteiger partial charge in [-0.25, -0.2) is 8.42 Å². The van der Waals surface area contributed by atoms with Crippen molar-refractivity contribution in [1.82, 2.24) is 4.31 Å². The van der Waals surface area contributed by atoms with E-state index in [0.717, 1.165) is 24.8 Å². The van der Waals surface area contributed by atoms with E-state index in [0.29, 0.717) is 19.7 Å². The molecular formula is C16H25NO3S. The van der Waals surface area contributed by atoms with Gasteiger partial charge in [0, 0.05) is 13.1 Å². The first-order valence-corrected chi connectivity index (χ1v) is 9.36. The van der Waals surface area contributed by atoms with Crippen molar-refractivity contribution < 1.29 is 13.2 Å². The molecule has 118 valence electrons. The van der Waals surface area contributed by atoms with E-state index in [2.05, 4.69) is 19.1 Å². The summed E-state index contributed by atoms with van der Waals surface area (Å²) >= 11 is 0. The molecule has 1 aliphatic heterocycles. The van der Waals surface area contributed by atoms with Crippen LogP contribution in [0.5, 0.6) is 0 Å². The number of aryl methyl sites for hydroxylation is 1. The molecule has 1 unspecified atom stereocenters. The molecule has 1 aromatic carbocycles. The topological polar surface area (TPSA) is 46.6 Å². The SMILES string of the molecule is CCCCS(=O)(=O)N1CCOC(c2ccc(CC)cc2)C1. The minimum absolute atomic E-state index is 0.152. The molecule has 1 aliphatic rings. The predicted octanol–water partition coefficient (Wildman–Crippen LogP) is 2.75. The fourth-order valence-corrected chi connectivity index (χ4v) is 4.13. The number of benzene rings is 1. The molecule has 5 heteroatoms. The van der Waals surface area contributed by atoms with Crippen LogP contribution in [0.15, 0.2) is 24.3 Å². The lowest BCUT2D eigenvalue weighted by atomic mass is 10.1. The van der Waals surface area contributed by atoms with Gasteiger partial charge in [-0.1, -0.05) is 44.5 Å². The standard InChI is InChI=1S/C16H25NO3S/c1-3-5-12-21(18,19)17-10-11-20-16(13-17)15-8-6-14(4-2)7-9-15/h6-9,16H,3-5,10-13H2,1-2H3. The lowest BCUT2D eigenvalue weighted by Gasteiger charge is -2.32. The summed E-state index contributed by atoms with van der Waals surface area (Å²) < 4.78 is 31.9. The second-order valence-corrected chi connectivity index (χ2v) is 7.57. The Morgan fingerprint density at radius 3 is 2.57 bits per heavy atom. The highest BCUT2D eigenvalue weighted by Gasteiger charge is 2.29. The Bertz CT molecular complexity index is 539. The quantitative estimate of drug-likeness (QED) is 0.811. The van der Waals surface area contributed by atoms with Gasteiger partial charge in [-0.3, -0.25) is 0 Å². The zero-order valence-corrected chi connectivity index (χ0v) is 13.7. The third-order valence-corrected chi connectivity index (χ3v) is 5.86. The van der Waals surface area contributed by atoms with E-state index in [4.69, 9.17) is 4.74 Å². The van der Waals surface area contributed by atoms with Gasteiger partial charge in [0.25, 0.3) is 0 Å². The Kier molecular flexibility index (Phi) is 5.79. The summed E-state index contributed by atoms with van der Waals surface area (Å²) in [6.45, 7) is 5.49. The van der Waals surface area contributed by atoms with Gasteiger partial charge in [0.2, 0.25) is 10.0 Å². The van der Waals surface area contributed by atoms with Crippen molar-refractivity contribution in [3.05, 3.63) is 35.4 Å². The van der Waals surface area contributed by atoms with Crippen LogP contribution in [0.25, 0.3) is 0 Å². The average molecular weight is 311 g/mol. The monoisotopic (exact) mass is 311 g/mol. The molecule has 1 fully saturated rings. The number of unbranched alkanes of at least 4 members (excludes halogenated alkanes) is 1. The zero-order valence-electron chi connectivity index (χ0n) is 12.9. The van der Waals surface area contributed by atoms with E-state index in [9.17, 15) is 8.42 Å². The Morgan fingerprint density at radius 1 is 1.24 bits per heavy atom. The summed E-state index contributed by atoms with van der Waals surface area (Å²) in [4.78, 5) is 0. The van der Waals surface area contributed by atoms with Gasteiger partial charge in [-0.2, -0.15) is 4.31 Å². The molecular weight excluding hydrogens is 286 g/mol. The lowest BCUT2D eigenvalue weighted by Crippen LogP contribution is -2.43. The van der Waals surface area contributed by atoms with Gasteiger partial charge in [0.1, 0.15) is 0 Å². The number of nitrogens with zero attached hydrogens (tertiary/aromatic N) is 1. The number of sulfonamides is 1. The van der Waals surface area contributed by atoms with E-state index < -0.39 is 10.0 Å². The molecule has 21 heavy (non-hydrogen) atoms. The molecule has 0 spiro atoms. The summed E-state index contributed by atoms with van der Waals surface area (Å²) in [5, 5.41) is 0. The maximum Gasteiger partial charge on any atom is 0.214 e. The van der Waals surface area contributed by atoms with Crippen LogP contribution in [0.4, 0.5) is 0 Å². The summed E-state index contributed by atoms with van der Waals surface area (Å²) in [6.07, 6.45) is 2.46. The van der Waals surface area contributed by atoms with E-state index in [1.54, 1.807) is 4.31 Å². The average Bonchev–Trinajstić information content (AvgIpc) is 2.53. The Labute approximate surface area is 128 Å². The molecule has 1 saturated heterocycles.